The van der Waals surface area contributed by atoms with E-state index in [-0.39, 0.29) is 12.5 Å². The number of fused-ring (bicyclic) bond motifs is 1. The van der Waals surface area contributed by atoms with E-state index in [0.29, 0.717) is 17.5 Å². The van der Waals surface area contributed by atoms with E-state index < -0.39 is 5.97 Å². The molecule has 0 aliphatic heterocycles. The zero-order valence-corrected chi connectivity index (χ0v) is 18.7. The van der Waals surface area contributed by atoms with Gasteiger partial charge >= 0.3 is 5.97 Å². The predicted octanol–water partition coefficient (Wildman–Crippen LogP) is 6.65. The summed E-state index contributed by atoms with van der Waals surface area (Å²) in [7, 11) is 0. The van der Waals surface area contributed by atoms with E-state index in [1.54, 1.807) is 6.92 Å². The van der Waals surface area contributed by atoms with Crippen LogP contribution in [-0.2, 0) is 11.2 Å². The third kappa shape index (κ3) is 4.57. The first-order valence-electron chi connectivity index (χ1n) is 11.2. The number of carboxylic acids is 1. The quantitative estimate of drug-likeness (QED) is 0.312. The smallest absolute Gasteiger partial charge is 0.305 e. The number of hydrogen-bond donors (Lipinski definition) is 2. The lowest BCUT2D eigenvalue weighted by molar-refractivity contribution is -0.137. The first-order chi connectivity index (χ1) is 16.6. The Kier molecular flexibility index (Phi) is 5.87. The van der Waals surface area contributed by atoms with Crippen molar-refractivity contribution in [1.82, 2.24) is 4.98 Å². The van der Waals surface area contributed by atoms with Gasteiger partial charge in [-0.3, -0.25) is 4.79 Å². The van der Waals surface area contributed by atoms with E-state index in [9.17, 15) is 4.79 Å². The number of nitrogens with one attached hydrogen (secondary N) is 1. The monoisotopic (exact) mass is 452 g/mol. The largest absolute Gasteiger partial charge is 0.481 e. The molecule has 0 amide bonds. The van der Waals surface area contributed by atoms with Crippen LogP contribution in [0.25, 0.3) is 28.7 Å². The number of aliphatic carboxylic acids is 1. The van der Waals surface area contributed by atoms with Gasteiger partial charge in [0.05, 0.1) is 6.42 Å². The SMILES string of the molecule is CC(CC(=O)O)Nc1nc(-c2ccc(Oc3ccccc3)cc2)c(-c2cccc3c2C=CC3)o1. The Bertz CT molecular complexity index is 1340. The maximum absolute atomic E-state index is 11.1. The molecule has 1 aliphatic rings. The lowest BCUT2D eigenvalue weighted by Crippen LogP contribution is -2.19. The first kappa shape index (κ1) is 21.5. The van der Waals surface area contributed by atoms with Crippen molar-refractivity contribution < 1.29 is 19.1 Å². The van der Waals surface area contributed by atoms with Gasteiger partial charge in [0.25, 0.3) is 6.01 Å². The molecule has 1 aliphatic carbocycles. The maximum atomic E-state index is 11.1. The van der Waals surface area contributed by atoms with Gasteiger partial charge in [0, 0.05) is 17.2 Å². The number of rotatable bonds is 8. The second-order valence-corrected chi connectivity index (χ2v) is 8.26. The molecule has 0 bridgehead atoms. The number of aromatic nitrogens is 1. The van der Waals surface area contributed by atoms with Crippen LogP contribution in [0.2, 0.25) is 0 Å². The number of oxazole rings is 1. The minimum atomic E-state index is -0.882. The highest BCUT2D eigenvalue weighted by atomic mass is 16.5. The first-order valence-corrected chi connectivity index (χ1v) is 11.2. The lowest BCUT2D eigenvalue weighted by atomic mass is 9.98. The molecule has 0 fully saturated rings. The Morgan fingerprint density at radius 2 is 1.82 bits per heavy atom. The van der Waals surface area contributed by atoms with Crippen molar-refractivity contribution in [3.8, 4) is 34.1 Å². The summed E-state index contributed by atoms with van der Waals surface area (Å²) < 4.78 is 12.1. The van der Waals surface area contributed by atoms with Gasteiger partial charge in [0.1, 0.15) is 17.2 Å². The van der Waals surface area contributed by atoms with Crippen LogP contribution in [0.3, 0.4) is 0 Å². The Labute approximate surface area is 197 Å². The summed E-state index contributed by atoms with van der Waals surface area (Å²) in [4.78, 5) is 15.8. The fourth-order valence-electron chi connectivity index (χ4n) is 4.08. The van der Waals surface area contributed by atoms with Gasteiger partial charge in [-0.1, -0.05) is 48.6 Å². The van der Waals surface area contributed by atoms with Crippen molar-refractivity contribution in [2.24, 2.45) is 0 Å². The van der Waals surface area contributed by atoms with Crippen LogP contribution in [0.5, 0.6) is 11.5 Å². The van der Waals surface area contributed by atoms with Gasteiger partial charge in [-0.2, -0.15) is 4.98 Å². The Hall–Kier alpha value is -4.32. The zero-order chi connectivity index (χ0) is 23.5. The Morgan fingerprint density at radius 1 is 1.06 bits per heavy atom. The molecule has 4 aromatic rings. The normalized spacial score (nSPS) is 12.9. The minimum absolute atomic E-state index is 0.0396. The van der Waals surface area contributed by atoms with Crippen molar-refractivity contribution in [1.29, 1.82) is 0 Å². The molecule has 6 nitrogen and oxygen atoms in total. The van der Waals surface area contributed by atoms with Gasteiger partial charge in [-0.25, -0.2) is 0 Å². The van der Waals surface area contributed by atoms with Crippen LogP contribution >= 0.6 is 0 Å². The number of carboxylic acid groups (broad SMARTS) is 1. The highest BCUT2D eigenvalue weighted by molar-refractivity contribution is 5.85. The van der Waals surface area contributed by atoms with Crippen molar-refractivity contribution in [2.75, 3.05) is 5.32 Å². The van der Waals surface area contributed by atoms with Crippen LogP contribution < -0.4 is 10.1 Å². The molecule has 170 valence electrons. The third-order valence-electron chi connectivity index (χ3n) is 5.65. The lowest BCUT2D eigenvalue weighted by Gasteiger charge is -2.09. The molecule has 0 spiro atoms. The van der Waals surface area contributed by atoms with Gasteiger partial charge in [0.2, 0.25) is 0 Å². The van der Waals surface area contributed by atoms with Crippen LogP contribution in [0.15, 0.2) is 83.3 Å². The number of nitrogens with zero attached hydrogens (tertiary/aromatic N) is 1. The zero-order valence-electron chi connectivity index (χ0n) is 18.7. The second-order valence-electron chi connectivity index (χ2n) is 8.26. The van der Waals surface area contributed by atoms with Crippen molar-refractivity contribution >= 4 is 18.1 Å². The Balaban J connectivity index is 1.51. The summed E-state index contributed by atoms with van der Waals surface area (Å²) in [5, 5.41) is 12.2. The van der Waals surface area contributed by atoms with Gasteiger partial charge in [-0.05, 0) is 60.9 Å². The van der Waals surface area contributed by atoms with Gasteiger partial charge in [-0.15, -0.1) is 0 Å². The summed E-state index contributed by atoms with van der Waals surface area (Å²) in [6, 6.07) is 23.4. The molecule has 0 saturated carbocycles. The molecule has 2 N–H and O–H groups in total. The number of para-hydroxylation sites is 1. The number of allylic oxidation sites excluding steroid dienone is 1. The molecule has 5 rings (SSSR count). The van der Waals surface area contributed by atoms with Crippen LogP contribution in [-0.4, -0.2) is 22.1 Å². The number of anilines is 1. The fourth-order valence-corrected chi connectivity index (χ4v) is 4.08. The minimum Gasteiger partial charge on any atom is -0.481 e. The van der Waals surface area contributed by atoms with Crippen LogP contribution in [0, 0.1) is 0 Å². The number of benzene rings is 3. The average Bonchev–Trinajstić information content (AvgIpc) is 3.47. The molecule has 6 heteroatoms. The molecular formula is C28H24N2O4. The molecular weight excluding hydrogens is 428 g/mol. The summed E-state index contributed by atoms with van der Waals surface area (Å²) in [5.74, 6) is 1.25. The topological polar surface area (TPSA) is 84.6 Å². The van der Waals surface area contributed by atoms with Crippen molar-refractivity contribution in [3.05, 3.63) is 90.0 Å². The van der Waals surface area contributed by atoms with Gasteiger partial charge < -0.3 is 19.6 Å². The summed E-state index contributed by atoms with van der Waals surface area (Å²) in [5.41, 5.74) is 4.87. The fraction of sp³-hybridized carbons (Fsp3) is 0.143. The summed E-state index contributed by atoms with van der Waals surface area (Å²) in [6.07, 6.45) is 5.09. The number of ether oxygens (including phenoxy) is 1. The molecule has 1 atom stereocenters. The van der Waals surface area contributed by atoms with E-state index in [0.717, 1.165) is 34.6 Å². The highest BCUT2D eigenvalue weighted by Crippen LogP contribution is 2.39. The van der Waals surface area contributed by atoms with Crippen molar-refractivity contribution in [2.45, 2.75) is 25.8 Å². The van der Waals surface area contributed by atoms with Crippen LogP contribution in [0.4, 0.5) is 6.01 Å². The predicted molar refractivity (Wildman–Crippen MR) is 132 cm³/mol. The van der Waals surface area contributed by atoms with E-state index >= 15 is 0 Å². The number of carbonyl (C=O) groups is 1. The molecule has 34 heavy (non-hydrogen) atoms. The Morgan fingerprint density at radius 3 is 2.59 bits per heavy atom. The third-order valence-corrected chi connectivity index (χ3v) is 5.65. The summed E-state index contributed by atoms with van der Waals surface area (Å²) >= 11 is 0. The van der Waals surface area contributed by atoms with Crippen LogP contribution in [0.1, 0.15) is 24.5 Å². The number of hydrogen-bond acceptors (Lipinski definition) is 5. The molecule has 3 aromatic carbocycles. The maximum Gasteiger partial charge on any atom is 0.305 e. The molecule has 1 aromatic heterocycles. The van der Waals surface area contributed by atoms with E-state index in [2.05, 4.69) is 23.5 Å². The second kappa shape index (κ2) is 9.27. The summed E-state index contributed by atoms with van der Waals surface area (Å²) in [6.45, 7) is 1.79. The molecule has 1 heterocycles. The standard InChI is InChI=1S/C28H24N2O4/c1-18(17-25(31)32)29-28-30-26(27(34-28)24-12-6-8-19-7-5-11-23(19)24)20-13-15-22(16-14-20)33-21-9-3-2-4-10-21/h2-6,8-16,18H,7,17H2,1H3,(H,29,30)(H,31,32). The van der Waals surface area contributed by atoms with E-state index in [1.807, 2.05) is 66.7 Å². The van der Waals surface area contributed by atoms with Crippen molar-refractivity contribution in [3.63, 3.8) is 0 Å². The molecule has 1 unspecified atom stereocenters. The molecule has 0 radical (unpaired) electrons. The van der Waals surface area contributed by atoms with E-state index in [1.165, 1.54) is 5.56 Å². The van der Waals surface area contributed by atoms with E-state index in [4.69, 9.17) is 19.2 Å². The highest BCUT2D eigenvalue weighted by Gasteiger charge is 2.22. The van der Waals surface area contributed by atoms with Gasteiger partial charge in [0.15, 0.2) is 5.76 Å². The average molecular weight is 453 g/mol. The molecule has 0 saturated heterocycles.